The summed E-state index contributed by atoms with van der Waals surface area (Å²) in [5, 5.41) is 0. The van der Waals surface area contributed by atoms with Crippen LogP contribution in [0.15, 0.2) is 0 Å². The van der Waals surface area contributed by atoms with Crippen LogP contribution in [-0.4, -0.2) is 17.0 Å². The summed E-state index contributed by atoms with van der Waals surface area (Å²) in [6, 6.07) is 0. The third kappa shape index (κ3) is 0.674. The van der Waals surface area contributed by atoms with Gasteiger partial charge in [0.25, 0.3) is 0 Å². The third-order valence-electron chi connectivity index (χ3n) is 3.68. The van der Waals surface area contributed by atoms with Gasteiger partial charge in [-0.15, -0.1) is 0 Å². The molecule has 1 saturated carbocycles. The molecule has 0 aromatic rings. The van der Waals surface area contributed by atoms with Crippen LogP contribution in [0.2, 0.25) is 0 Å². The highest BCUT2D eigenvalue weighted by Crippen LogP contribution is 2.66. The molecule has 3 fully saturated rings. The fourth-order valence-electron chi connectivity index (χ4n) is 3.11. The average molecular weight is 168 g/mol. The maximum absolute atomic E-state index is 11.5. The zero-order valence-corrected chi connectivity index (χ0v) is 8.23. The standard InChI is InChI=1S/C10H16O2/c1-7(11)10-5-9(4,6-10)12-8(10,2)3/h5-6H2,1-4H3. The number of Topliss-reactive ketones (excluding diaryl/α,β-unsaturated/α-hetero) is 1. The highest BCUT2D eigenvalue weighted by molar-refractivity contribution is 5.86. The number of ketones is 1. The summed E-state index contributed by atoms with van der Waals surface area (Å²) in [4.78, 5) is 11.5. The number of hydrogen-bond acceptors (Lipinski definition) is 2. The maximum Gasteiger partial charge on any atom is 0.139 e. The molecular formula is C10H16O2. The lowest BCUT2D eigenvalue weighted by atomic mass is 9.55. The normalized spacial score (nSPS) is 48.7. The van der Waals surface area contributed by atoms with Crippen molar-refractivity contribution in [1.82, 2.24) is 0 Å². The minimum atomic E-state index is -0.242. The number of hydrogen-bond donors (Lipinski definition) is 0. The first kappa shape index (κ1) is 8.24. The summed E-state index contributed by atoms with van der Waals surface area (Å²) < 4.78 is 5.85. The molecule has 0 radical (unpaired) electrons. The molecule has 12 heavy (non-hydrogen) atoms. The first-order valence-electron chi connectivity index (χ1n) is 4.53. The molecule has 2 bridgehead atoms. The molecule has 0 spiro atoms. The zero-order valence-electron chi connectivity index (χ0n) is 8.23. The van der Waals surface area contributed by atoms with Crippen LogP contribution in [-0.2, 0) is 9.53 Å². The molecule has 68 valence electrons. The maximum atomic E-state index is 11.5. The van der Waals surface area contributed by atoms with Gasteiger partial charge in [0.1, 0.15) is 5.78 Å². The Morgan fingerprint density at radius 3 is 1.92 bits per heavy atom. The van der Waals surface area contributed by atoms with Gasteiger partial charge in [-0.3, -0.25) is 4.79 Å². The molecule has 2 nitrogen and oxygen atoms in total. The second-order valence-corrected chi connectivity index (χ2v) is 5.05. The van der Waals surface area contributed by atoms with Crippen LogP contribution in [0, 0.1) is 5.41 Å². The highest BCUT2D eigenvalue weighted by atomic mass is 16.5. The van der Waals surface area contributed by atoms with Crippen LogP contribution < -0.4 is 0 Å². The molecule has 2 saturated heterocycles. The summed E-state index contributed by atoms with van der Waals surface area (Å²) in [6.07, 6.45) is 1.84. The van der Waals surface area contributed by atoms with Gasteiger partial charge in [-0.05, 0) is 40.5 Å². The molecule has 0 N–H and O–H groups in total. The summed E-state index contributed by atoms with van der Waals surface area (Å²) in [5.74, 6) is 0.294. The molecule has 2 aliphatic heterocycles. The fourth-order valence-corrected chi connectivity index (χ4v) is 3.11. The molecule has 3 rings (SSSR count). The van der Waals surface area contributed by atoms with E-state index < -0.39 is 0 Å². The van der Waals surface area contributed by atoms with Gasteiger partial charge in [0.05, 0.1) is 16.6 Å². The summed E-state index contributed by atoms with van der Waals surface area (Å²) >= 11 is 0. The Hall–Kier alpha value is -0.370. The van der Waals surface area contributed by atoms with Crippen molar-refractivity contribution in [2.75, 3.05) is 0 Å². The smallest absolute Gasteiger partial charge is 0.139 e. The van der Waals surface area contributed by atoms with Gasteiger partial charge in [0.15, 0.2) is 0 Å². The SMILES string of the molecule is CC(=O)C12CC(C)(C1)OC2(C)C. The molecule has 0 unspecified atom stereocenters. The Morgan fingerprint density at radius 2 is 1.75 bits per heavy atom. The van der Waals surface area contributed by atoms with Crippen LogP contribution in [0.5, 0.6) is 0 Å². The van der Waals surface area contributed by atoms with E-state index in [1.54, 1.807) is 6.92 Å². The zero-order chi connectivity index (χ0) is 9.20. The van der Waals surface area contributed by atoms with E-state index in [0.29, 0.717) is 5.78 Å². The summed E-state index contributed by atoms with van der Waals surface area (Å²) in [7, 11) is 0. The third-order valence-corrected chi connectivity index (χ3v) is 3.68. The second-order valence-electron chi connectivity index (χ2n) is 5.05. The molecule has 0 aromatic heterocycles. The first-order valence-corrected chi connectivity index (χ1v) is 4.53. The topological polar surface area (TPSA) is 26.3 Å². The number of carbonyl (C=O) groups excluding carboxylic acids is 1. The van der Waals surface area contributed by atoms with Gasteiger partial charge < -0.3 is 4.74 Å². The van der Waals surface area contributed by atoms with E-state index in [1.807, 2.05) is 13.8 Å². The molecule has 1 aliphatic carbocycles. The van der Waals surface area contributed by atoms with E-state index in [4.69, 9.17) is 4.74 Å². The van der Waals surface area contributed by atoms with Crippen molar-refractivity contribution < 1.29 is 9.53 Å². The number of ether oxygens (including phenoxy) is 1. The van der Waals surface area contributed by atoms with Gasteiger partial charge in [-0.1, -0.05) is 0 Å². The van der Waals surface area contributed by atoms with Gasteiger partial charge >= 0.3 is 0 Å². The Balaban J connectivity index is 2.38. The Labute approximate surface area is 73.3 Å². The van der Waals surface area contributed by atoms with Crippen molar-refractivity contribution >= 4 is 5.78 Å². The first-order chi connectivity index (χ1) is 5.31. The number of carbonyl (C=O) groups is 1. The molecule has 0 atom stereocenters. The van der Waals surface area contributed by atoms with E-state index in [2.05, 4.69) is 6.92 Å². The fraction of sp³-hybridized carbons (Fsp3) is 0.900. The summed E-state index contributed by atoms with van der Waals surface area (Å²) in [6.45, 7) is 7.86. The van der Waals surface area contributed by atoms with Crippen molar-refractivity contribution in [2.45, 2.75) is 51.7 Å². The monoisotopic (exact) mass is 168 g/mol. The van der Waals surface area contributed by atoms with Gasteiger partial charge in [0, 0.05) is 0 Å². The molecule has 0 aromatic carbocycles. The number of fused-ring (bicyclic) bond motifs is 1. The lowest BCUT2D eigenvalue weighted by Crippen LogP contribution is -2.50. The van der Waals surface area contributed by atoms with Crippen molar-refractivity contribution in [3.63, 3.8) is 0 Å². The Bertz CT molecular complexity index is 247. The van der Waals surface area contributed by atoms with Gasteiger partial charge in [0.2, 0.25) is 0 Å². The average Bonchev–Trinajstić information content (AvgIpc) is 2.08. The quantitative estimate of drug-likeness (QED) is 0.598. The van der Waals surface area contributed by atoms with Gasteiger partial charge in [-0.2, -0.15) is 0 Å². The lowest BCUT2D eigenvalue weighted by Gasteiger charge is -2.43. The van der Waals surface area contributed by atoms with Crippen molar-refractivity contribution in [1.29, 1.82) is 0 Å². The second kappa shape index (κ2) is 1.77. The minimum Gasteiger partial charge on any atom is -0.368 e. The van der Waals surface area contributed by atoms with E-state index >= 15 is 0 Å². The van der Waals surface area contributed by atoms with Gasteiger partial charge in [-0.25, -0.2) is 0 Å². The van der Waals surface area contributed by atoms with Crippen molar-refractivity contribution in [2.24, 2.45) is 5.41 Å². The van der Waals surface area contributed by atoms with Crippen molar-refractivity contribution in [3.8, 4) is 0 Å². The Kier molecular flexibility index (Phi) is 1.21. The number of rotatable bonds is 1. The Morgan fingerprint density at radius 1 is 1.25 bits per heavy atom. The predicted molar refractivity (Wildman–Crippen MR) is 45.9 cm³/mol. The van der Waals surface area contributed by atoms with Crippen LogP contribution >= 0.6 is 0 Å². The molecule has 3 aliphatic rings. The van der Waals surface area contributed by atoms with Crippen LogP contribution in [0.4, 0.5) is 0 Å². The van der Waals surface area contributed by atoms with Crippen LogP contribution in [0.1, 0.15) is 40.5 Å². The molecule has 0 amide bonds. The van der Waals surface area contributed by atoms with Crippen molar-refractivity contribution in [3.05, 3.63) is 0 Å². The predicted octanol–water partition coefficient (Wildman–Crippen LogP) is 1.92. The lowest BCUT2D eigenvalue weighted by molar-refractivity contribution is -0.133. The molecule has 2 heteroatoms. The van der Waals surface area contributed by atoms with E-state index in [1.165, 1.54) is 0 Å². The highest BCUT2D eigenvalue weighted by Gasteiger charge is 2.71. The summed E-state index contributed by atoms with van der Waals surface area (Å²) in [5.41, 5.74) is -0.412. The van der Waals surface area contributed by atoms with Crippen LogP contribution in [0.3, 0.4) is 0 Å². The van der Waals surface area contributed by atoms with Crippen LogP contribution in [0.25, 0.3) is 0 Å². The molecular weight excluding hydrogens is 152 g/mol. The van der Waals surface area contributed by atoms with E-state index in [9.17, 15) is 4.79 Å². The largest absolute Gasteiger partial charge is 0.368 e. The molecule has 2 heterocycles. The van der Waals surface area contributed by atoms with E-state index in [-0.39, 0.29) is 16.6 Å². The minimum absolute atomic E-state index is 0.00479. The van der Waals surface area contributed by atoms with E-state index in [0.717, 1.165) is 12.8 Å².